The molecule has 0 aliphatic carbocycles. The van der Waals surface area contributed by atoms with Gasteiger partial charge >= 0.3 is 0 Å². The Balaban J connectivity index is 1.65. The third-order valence-corrected chi connectivity index (χ3v) is 4.54. The predicted molar refractivity (Wildman–Crippen MR) is 66.5 cm³/mol. The van der Waals surface area contributed by atoms with Crippen LogP contribution >= 0.6 is 21.6 Å². The van der Waals surface area contributed by atoms with Crippen molar-refractivity contribution in [2.45, 2.75) is 17.3 Å². The van der Waals surface area contributed by atoms with Crippen LogP contribution in [0.3, 0.4) is 0 Å². The summed E-state index contributed by atoms with van der Waals surface area (Å²) < 4.78 is 10.7. The third kappa shape index (κ3) is 3.68. The van der Waals surface area contributed by atoms with Crippen LogP contribution < -0.4 is 0 Å². The molecule has 2 unspecified atom stereocenters. The molecule has 0 radical (unpaired) electrons. The summed E-state index contributed by atoms with van der Waals surface area (Å²) in [7, 11) is 3.48. The van der Waals surface area contributed by atoms with Gasteiger partial charge in [-0.25, -0.2) is 0 Å². The average Bonchev–Trinajstić information content (AvgIpc) is 2.78. The van der Waals surface area contributed by atoms with Crippen LogP contribution in [0.4, 0.5) is 0 Å². The molecule has 2 rings (SSSR count). The first-order valence-corrected chi connectivity index (χ1v) is 7.43. The Labute approximate surface area is 103 Å². The van der Waals surface area contributed by atoms with Gasteiger partial charge < -0.3 is 14.6 Å². The summed E-state index contributed by atoms with van der Waals surface area (Å²) in [6.07, 6.45) is -0.328. The molecule has 88 valence electrons. The van der Waals surface area contributed by atoms with Crippen molar-refractivity contribution in [1.82, 2.24) is 0 Å². The Kier molecular flexibility index (Phi) is 4.99. The fraction of sp³-hybridized carbons (Fsp3) is 0.455. The van der Waals surface area contributed by atoms with Crippen molar-refractivity contribution in [3.05, 3.63) is 30.3 Å². The molecule has 0 aromatic heterocycles. The van der Waals surface area contributed by atoms with E-state index in [0.29, 0.717) is 6.61 Å². The SMILES string of the molecule is OCC1OCC(CSSc2ccccc2)O1. The summed E-state index contributed by atoms with van der Waals surface area (Å²) in [4.78, 5) is 1.24. The van der Waals surface area contributed by atoms with E-state index < -0.39 is 6.29 Å². The van der Waals surface area contributed by atoms with Crippen molar-refractivity contribution in [2.75, 3.05) is 19.0 Å². The monoisotopic (exact) mass is 258 g/mol. The van der Waals surface area contributed by atoms with Gasteiger partial charge in [-0.2, -0.15) is 0 Å². The van der Waals surface area contributed by atoms with Crippen LogP contribution in [0.5, 0.6) is 0 Å². The predicted octanol–water partition coefficient (Wildman–Crippen LogP) is 2.16. The number of aliphatic hydroxyl groups is 1. The quantitative estimate of drug-likeness (QED) is 0.819. The van der Waals surface area contributed by atoms with Crippen molar-refractivity contribution in [3.8, 4) is 0 Å². The van der Waals surface area contributed by atoms with Gasteiger partial charge in [0.2, 0.25) is 0 Å². The van der Waals surface area contributed by atoms with Crippen LogP contribution in [0.1, 0.15) is 0 Å². The molecule has 16 heavy (non-hydrogen) atoms. The topological polar surface area (TPSA) is 38.7 Å². The number of rotatable bonds is 5. The normalized spacial score (nSPS) is 24.8. The summed E-state index contributed by atoms with van der Waals surface area (Å²) in [5.41, 5.74) is 0. The highest BCUT2D eigenvalue weighted by Crippen LogP contribution is 2.32. The molecule has 1 fully saturated rings. The maximum atomic E-state index is 8.83. The second-order valence-electron chi connectivity index (χ2n) is 3.38. The minimum Gasteiger partial charge on any atom is -0.391 e. The van der Waals surface area contributed by atoms with Crippen LogP contribution in [0, 0.1) is 0 Å². The fourth-order valence-electron chi connectivity index (χ4n) is 1.35. The highest BCUT2D eigenvalue weighted by Gasteiger charge is 2.25. The smallest absolute Gasteiger partial charge is 0.181 e. The molecule has 5 heteroatoms. The molecule has 1 aliphatic rings. The highest BCUT2D eigenvalue weighted by molar-refractivity contribution is 8.76. The molecule has 0 amide bonds. The van der Waals surface area contributed by atoms with Crippen LogP contribution in [0.2, 0.25) is 0 Å². The lowest BCUT2D eigenvalue weighted by molar-refractivity contribution is -0.0847. The molecule has 1 heterocycles. The summed E-state index contributed by atoms with van der Waals surface area (Å²) in [6, 6.07) is 10.2. The molecular formula is C11H14O3S2. The number of hydrogen-bond donors (Lipinski definition) is 1. The van der Waals surface area contributed by atoms with Crippen LogP contribution in [-0.2, 0) is 9.47 Å². The van der Waals surface area contributed by atoms with E-state index in [4.69, 9.17) is 14.6 Å². The zero-order chi connectivity index (χ0) is 11.2. The van der Waals surface area contributed by atoms with E-state index in [9.17, 15) is 0 Å². The average molecular weight is 258 g/mol. The van der Waals surface area contributed by atoms with E-state index in [1.165, 1.54) is 4.90 Å². The Bertz CT molecular complexity index is 307. The standard InChI is InChI=1S/C11H14O3S2/c12-6-11-13-7-9(14-11)8-15-16-10-4-2-1-3-5-10/h1-5,9,11-12H,6-8H2. The van der Waals surface area contributed by atoms with Crippen LogP contribution in [0.15, 0.2) is 35.2 Å². The molecule has 0 saturated carbocycles. The molecule has 0 bridgehead atoms. The first-order chi connectivity index (χ1) is 7.88. The maximum absolute atomic E-state index is 8.83. The van der Waals surface area contributed by atoms with Gasteiger partial charge in [0.1, 0.15) is 0 Å². The zero-order valence-electron chi connectivity index (χ0n) is 8.74. The Morgan fingerprint density at radius 2 is 2.12 bits per heavy atom. The Morgan fingerprint density at radius 1 is 1.31 bits per heavy atom. The van der Waals surface area contributed by atoms with E-state index in [0.717, 1.165) is 5.75 Å². The molecule has 3 nitrogen and oxygen atoms in total. The number of ether oxygens (including phenoxy) is 2. The van der Waals surface area contributed by atoms with E-state index in [1.54, 1.807) is 21.6 Å². The summed E-state index contributed by atoms with van der Waals surface area (Å²) in [5, 5.41) is 8.83. The molecule has 0 spiro atoms. The molecule has 1 aromatic rings. The highest BCUT2D eigenvalue weighted by atomic mass is 33.1. The van der Waals surface area contributed by atoms with Crippen LogP contribution in [0.25, 0.3) is 0 Å². The molecule has 2 atom stereocenters. The minimum absolute atomic E-state index is 0.0625. The number of hydrogen-bond acceptors (Lipinski definition) is 5. The molecular weight excluding hydrogens is 244 g/mol. The van der Waals surface area contributed by atoms with Gasteiger partial charge in [0.15, 0.2) is 6.29 Å². The van der Waals surface area contributed by atoms with Crippen molar-refractivity contribution >= 4 is 21.6 Å². The molecule has 1 N–H and O–H groups in total. The zero-order valence-corrected chi connectivity index (χ0v) is 10.4. The second-order valence-corrected chi connectivity index (χ2v) is 5.80. The van der Waals surface area contributed by atoms with Gasteiger partial charge in [0, 0.05) is 10.6 Å². The Morgan fingerprint density at radius 3 is 2.81 bits per heavy atom. The van der Waals surface area contributed by atoms with Gasteiger partial charge in [-0.05, 0) is 12.1 Å². The van der Waals surface area contributed by atoms with Gasteiger partial charge in [0.05, 0.1) is 19.3 Å². The van der Waals surface area contributed by atoms with E-state index >= 15 is 0 Å². The summed E-state index contributed by atoms with van der Waals surface area (Å²) in [5.74, 6) is 0.871. The third-order valence-electron chi connectivity index (χ3n) is 2.11. The first-order valence-electron chi connectivity index (χ1n) is 5.11. The lowest BCUT2D eigenvalue weighted by atomic mass is 10.4. The first kappa shape index (κ1) is 12.3. The van der Waals surface area contributed by atoms with Gasteiger partial charge in [0.25, 0.3) is 0 Å². The largest absolute Gasteiger partial charge is 0.391 e. The van der Waals surface area contributed by atoms with Crippen molar-refractivity contribution < 1.29 is 14.6 Å². The van der Waals surface area contributed by atoms with E-state index in [1.807, 2.05) is 18.2 Å². The number of benzene rings is 1. The van der Waals surface area contributed by atoms with Crippen molar-refractivity contribution in [2.24, 2.45) is 0 Å². The lowest BCUT2D eigenvalue weighted by Crippen LogP contribution is -2.16. The maximum Gasteiger partial charge on any atom is 0.181 e. The summed E-state index contributed by atoms with van der Waals surface area (Å²) >= 11 is 0. The minimum atomic E-state index is -0.424. The van der Waals surface area contributed by atoms with Gasteiger partial charge in [-0.15, -0.1) is 0 Å². The second kappa shape index (κ2) is 6.51. The lowest BCUT2D eigenvalue weighted by Gasteiger charge is -2.08. The van der Waals surface area contributed by atoms with Crippen LogP contribution in [-0.4, -0.2) is 36.5 Å². The van der Waals surface area contributed by atoms with Crippen molar-refractivity contribution in [3.63, 3.8) is 0 Å². The number of aliphatic hydroxyl groups excluding tert-OH is 1. The van der Waals surface area contributed by atoms with E-state index in [-0.39, 0.29) is 12.7 Å². The fourth-order valence-corrected chi connectivity index (χ4v) is 3.54. The Hall–Kier alpha value is -0.200. The van der Waals surface area contributed by atoms with Crippen molar-refractivity contribution in [1.29, 1.82) is 0 Å². The molecule has 1 saturated heterocycles. The van der Waals surface area contributed by atoms with Gasteiger partial charge in [-0.3, -0.25) is 0 Å². The summed E-state index contributed by atoms with van der Waals surface area (Å²) in [6.45, 7) is 0.514. The molecule has 1 aromatic carbocycles. The van der Waals surface area contributed by atoms with Gasteiger partial charge in [-0.1, -0.05) is 39.8 Å². The molecule has 1 aliphatic heterocycles. The van der Waals surface area contributed by atoms with E-state index in [2.05, 4.69) is 12.1 Å².